The summed E-state index contributed by atoms with van der Waals surface area (Å²) in [6.07, 6.45) is 0.152. The molecule has 2 unspecified atom stereocenters. The fraction of sp³-hybridized carbons (Fsp3) is 0.261. The smallest absolute Gasteiger partial charge is 0.333 e. The number of hydrogen-bond donors (Lipinski definition) is 3. The van der Waals surface area contributed by atoms with E-state index in [1.807, 2.05) is 36.4 Å². The van der Waals surface area contributed by atoms with Crippen molar-refractivity contribution in [2.45, 2.75) is 37.9 Å². The highest BCUT2D eigenvalue weighted by molar-refractivity contribution is 5.78. The lowest BCUT2D eigenvalue weighted by atomic mass is 9.88. The van der Waals surface area contributed by atoms with Crippen LogP contribution in [0.5, 0.6) is 5.75 Å². The molecule has 164 valence electrons. The van der Waals surface area contributed by atoms with E-state index < -0.39 is 18.0 Å². The Labute approximate surface area is 184 Å². The molecule has 0 amide bonds. The third-order valence-electron chi connectivity index (χ3n) is 5.30. The van der Waals surface area contributed by atoms with Gasteiger partial charge >= 0.3 is 5.97 Å². The average Bonchev–Trinajstić information content (AvgIpc) is 3.34. The van der Waals surface area contributed by atoms with E-state index in [1.54, 1.807) is 24.3 Å². The summed E-state index contributed by atoms with van der Waals surface area (Å²) in [5, 5.41) is 34.1. The van der Waals surface area contributed by atoms with Gasteiger partial charge in [0.15, 0.2) is 6.10 Å². The molecule has 0 bridgehead atoms. The Morgan fingerprint density at radius 1 is 1.06 bits per heavy atom. The Morgan fingerprint density at radius 3 is 2.62 bits per heavy atom. The number of pyridine rings is 1. The molecule has 0 fully saturated rings. The Balaban J connectivity index is 1.39. The summed E-state index contributed by atoms with van der Waals surface area (Å²) in [6.45, 7) is 0.316. The van der Waals surface area contributed by atoms with Crippen molar-refractivity contribution < 1.29 is 19.7 Å². The topological polar surface area (TPSA) is 134 Å². The SMILES string of the molecule is O=C(O)C(O)C(CCCc1nnn[nH]1)c1ccc(OCc2ccc3ccccc3n2)cc1. The molecule has 0 aliphatic rings. The van der Waals surface area contributed by atoms with E-state index in [0.717, 1.165) is 22.2 Å². The lowest BCUT2D eigenvalue weighted by Crippen LogP contribution is -2.28. The number of carboxylic acid groups (broad SMARTS) is 1. The summed E-state index contributed by atoms with van der Waals surface area (Å²) >= 11 is 0. The molecule has 2 heterocycles. The lowest BCUT2D eigenvalue weighted by Gasteiger charge is -2.20. The number of carboxylic acids is 1. The highest BCUT2D eigenvalue weighted by Gasteiger charge is 2.27. The first kappa shape index (κ1) is 21.4. The Morgan fingerprint density at radius 2 is 1.88 bits per heavy atom. The number of aliphatic hydroxyl groups is 1. The van der Waals surface area contributed by atoms with Crippen molar-refractivity contribution in [3.8, 4) is 5.75 Å². The van der Waals surface area contributed by atoms with E-state index >= 15 is 0 Å². The van der Waals surface area contributed by atoms with Crippen molar-refractivity contribution in [3.63, 3.8) is 0 Å². The van der Waals surface area contributed by atoms with Crippen LogP contribution in [0.25, 0.3) is 10.9 Å². The molecule has 0 saturated heterocycles. The molecule has 2 aromatic carbocycles. The molecule has 3 N–H and O–H groups in total. The van der Waals surface area contributed by atoms with Gasteiger partial charge in [0.25, 0.3) is 0 Å². The number of fused-ring (bicyclic) bond motifs is 1. The van der Waals surface area contributed by atoms with Crippen LogP contribution in [0.1, 0.15) is 35.8 Å². The first-order valence-electron chi connectivity index (χ1n) is 10.3. The Hall–Kier alpha value is -3.85. The molecule has 9 nitrogen and oxygen atoms in total. The second-order valence-corrected chi connectivity index (χ2v) is 7.48. The van der Waals surface area contributed by atoms with Gasteiger partial charge in [0, 0.05) is 17.7 Å². The normalized spacial score (nSPS) is 13.0. The zero-order chi connectivity index (χ0) is 22.3. The minimum Gasteiger partial charge on any atom is -0.487 e. The van der Waals surface area contributed by atoms with Crippen LogP contribution >= 0.6 is 0 Å². The van der Waals surface area contributed by atoms with Gasteiger partial charge in [-0.25, -0.2) is 14.9 Å². The number of aryl methyl sites for hydroxylation is 1. The van der Waals surface area contributed by atoms with Crippen molar-refractivity contribution in [1.82, 2.24) is 25.6 Å². The maximum atomic E-state index is 11.4. The summed E-state index contributed by atoms with van der Waals surface area (Å²) < 4.78 is 5.85. The van der Waals surface area contributed by atoms with Gasteiger partial charge in [-0.15, -0.1) is 5.10 Å². The number of hydrogen-bond acceptors (Lipinski definition) is 7. The van der Waals surface area contributed by atoms with E-state index in [-0.39, 0.29) is 0 Å². The molecule has 4 aromatic rings. The highest BCUT2D eigenvalue weighted by Crippen LogP contribution is 2.28. The number of H-pyrrole nitrogens is 1. The molecule has 0 saturated carbocycles. The number of aromatic amines is 1. The number of para-hydroxylation sites is 1. The summed E-state index contributed by atoms with van der Waals surface area (Å²) in [5.74, 6) is -0.543. The molecule has 0 spiro atoms. The lowest BCUT2D eigenvalue weighted by molar-refractivity contribution is -0.148. The molecule has 2 atom stereocenters. The first-order valence-corrected chi connectivity index (χ1v) is 10.3. The van der Waals surface area contributed by atoms with Gasteiger partial charge in [-0.3, -0.25) is 0 Å². The van der Waals surface area contributed by atoms with Crippen molar-refractivity contribution in [2.24, 2.45) is 0 Å². The van der Waals surface area contributed by atoms with E-state index in [1.165, 1.54) is 0 Å². The Bertz CT molecular complexity index is 1160. The minimum atomic E-state index is -1.50. The zero-order valence-electron chi connectivity index (χ0n) is 17.3. The van der Waals surface area contributed by atoms with Gasteiger partial charge in [-0.1, -0.05) is 36.4 Å². The maximum Gasteiger partial charge on any atom is 0.333 e. The zero-order valence-corrected chi connectivity index (χ0v) is 17.3. The number of rotatable bonds is 10. The van der Waals surface area contributed by atoms with E-state index in [4.69, 9.17) is 4.74 Å². The number of carbonyl (C=O) groups is 1. The van der Waals surface area contributed by atoms with Crippen molar-refractivity contribution in [3.05, 3.63) is 77.7 Å². The largest absolute Gasteiger partial charge is 0.487 e. The van der Waals surface area contributed by atoms with Crippen molar-refractivity contribution in [1.29, 1.82) is 0 Å². The minimum absolute atomic E-state index is 0.316. The Kier molecular flexibility index (Phi) is 6.66. The van der Waals surface area contributed by atoms with Crippen LogP contribution in [0.15, 0.2) is 60.7 Å². The summed E-state index contributed by atoms with van der Waals surface area (Å²) in [7, 11) is 0. The average molecular weight is 433 g/mol. The van der Waals surface area contributed by atoms with E-state index in [9.17, 15) is 15.0 Å². The van der Waals surface area contributed by atoms with Gasteiger partial charge in [-0.2, -0.15) is 0 Å². The summed E-state index contributed by atoms with van der Waals surface area (Å²) in [6, 6.07) is 19.0. The number of aromatic nitrogens is 5. The standard InChI is InChI=1S/C23H23N5O4/c29-22(23(30)31)19(5-3-7-21-25-27-28-26-21)15-9-12-18(13-10-15)32-14-17-11-8-16-4-1-2-6-20(16)24-17/h1-2,4,6,8-13,19,22,29H,3,5,7,14H2,(H,30,31)(H,25,26,27,28). The second-order valence-electron chi connectivity index (χ2n) is 7.48. The van der Waals surface area contributed by atoms with Crippen molar-refractivity contribution >= 4 is 16.9 Å². The van der Waals surface area contributed by atoms with E-state index in [0.29, 0.717) is 37.4 Å². The van der Waals surface area contributed by atoms with E-state index in [2.05, 4.69) is 25.6 Å². The number of nitrogens with one attached hydrogen (secondary N) is 1. The molecule has 4 rings (SSSR count). The number of tetrazole rings is 1. The quantitative estimate of drug-likeness (QED) is 0.348. The fourth-order valence-electron chi connectivity index (χ4n) is 3.61. The molecule has 32 heavy (non-hydrogen) atoms. The van der Waals surface area contributed by atoms with Crippen LogP contribution in [0.2, 0.25) is 0 Å². The number of nitrogens with zero attached hydrogens (tertiary/aromatic N) is 4. The summed E-state index contributed by atoms with van der Waals surface area (Å²) in [5.41, 5.74) is 2.45. The third kappa shape index (κ3) is 5.25. The van der Waals surface area contributed by atoms with Crippen LogP contribution in [0.3, 0.4) is 0 Å². The number of aliphatic carboxylic acids is 1. The third-order valence-corrected chi connectivity index (χ3v) is 5.30. The number of aliphatic hydroxyl groups excluding tert-OH is 1. The summed E-state index contributed by atoms with van der Waals surface area (Å²) in [4.78, 5) is 16.0. The van der Waals surface area contributed by atoms with Crippen LogP contribution in [0.4, 0.5) is 0 Å². The van der Waals surface area contributed by atoms with Gasteiger partial charge in [0.05, 0.1) is 11.2 Å². The van der Waals surface area contributed by atoms with Crippen LogP contribution in [0, 0.1) is 0 Å². The molecule has 0 aliphatic heterocycles. The highest BCUT2D eigenvalue weighted by atomic mass is 16.5. The van der Waals surface area contributed by atoms with Gasteiger partial charge < -0.3 is 14.9 Å². The molecule has 2 aromatic heterocycles. The number of ether oxygens (including phenoxy) is 1. The molecule has 9 heteroatoms. The second kappa shape index (κ2) is 9.97. The maximum absolute atomic E-state index is 11.4. The molecular weight excluding hydrogens is 410 g/mol. The molecular formula is C23H23N5O4. The van der Waals surface area contributed by atoms with Crippen LogP contribution in [-0.2, 0) is 17.8 Å². The van der Waals surface area contributed by atoms with Gasteiger partial charge in [0.1, 0.15) is 18.2 Å². The van der Waals surface area contributed by atoms with Crippen LogP contribution in [-0.4, -0.2) is 47.9 Å². The monoisotopic (exact) mass is 433 g/mol. The number of benzene rings is 2. The molecule has 0 radical (unpaired) electrons. The van der Waals surface area contributed by atoms with Gasteiger partial charge in [-0.05, 0) is 53.1 Å². The van der Waals surface area contributed by atoms with Crippen LogP contribution < -0.4 is 4.74 Å². The first-order chi connectivity index (χ1) is 15.6. The van der Waals surface area contributed by atoms with Gasteiger partial charge in [0.2, 0.25) is 0 Å². The molecule has 0 aliphatic carbocycles. The fourth-order valence-corrected chi connectivity index (χ4v) is 3.61. The predicted molar refractivity (Wildman–Crippen MR) is 116 cm³/mol. The predicted octanol–water partition coefficient (Wildman–Crippen LogP) is 2.88. The van der Waals surface area contributed by atoms with Crippen molar-refractivity contribution in [2.75, 3.05) is 0 Å².